The summed E-state index contributed by atoms with van der Waals surface area (Å²) < 4.78 is 0. The summed E-state index contributed by atoms with van der Waals surface area (Å²) in [7, 11) is 0. The Balaban J connectivity index is 1.88. The molecule has 3 aromatic rings. The molecule has 1 N–H and O–H groups in total. The number of hydrogen-bond acceptors (Lipinski definition) is 2. The van der Waals surface area contributed by atoms with Crippen LogP contribution in [0.4, 0.5) is 5.69 Å². The van der Waals surface area contributed by atoms with Crippen molar-refractivity contribution in [3.63, 3.8) is 0 Å². The van der Waals surface area contributed by atoms with E-state index >= 15 is 0 Å². The number of halogens is 1. The molecule has 0 spiro atoms. The highest BCUT2D eigenvalue weighted by molar-refractivity contribution is 6.31. The predicted molar refractivity (Wildman–Crippen MR) is 85.9 cm³/mol. The minimum absolute atomic E-state index is 0.197. The van der Waals surface area contributed by atoms with Crippen LogP contribution < -0.4 is 5.32 Å². The summed E-state index contributed by atoms with van der Waals surface area (Å²) in [6.07, 6.45) is 1.65. The maximum absolute atomic E-state index is 12.3. The fourth-order valence-corrected chi connectivity index (χ4v) is 2.50. The van der Waals surface area contributed by atoms with Crippen LogP contribution in [0, 0.1) is 6.92 Å². The number of hydrogen-bond donors (Lipinski definition) is 1. The first-order valence-electron chi connectivity index (χ1n) is 6.55. The number of carbonyl (C=O) groups is 1. The molecule has 21 heavy (non-hydrogen) atoms. The topological polar surface area (TPSA) is 42.0 Å². The fraction of sp³-hybridized carbons (Fsp3) is 0.0588. The van der Waals surface area contributed by atoms with Crippen molar-refractivity contribution in [2.24, 2.45) is 0 Å². The molecule has 0 fully saturated rings. The van der Waals surface area contributed by atoms with Crippen molar-refractivity contribution in [3.8, 4) is 0 Å². The molecule has 1 amide bonds. The zero-order valence-electron chi connectivity index (χ0n) is 11.4. The summed E-state index contributed by atoms with van der Waals surface area (Å²) >= 11 is 5.98. The molecule has 0 saturated carbocycles. The molecular weight excluding hydrogens is 284 g/mol. The second-order valence-corrected chi connectivity index (χ2v) is 5.32. The molecule has 0 aliphatic rings. The van der Waals surface area contributed by atoms with Crippen LogP contribution in [0.25, 0.3) is 10.9 Å². The number of rotatable bonds is 2. The Morgan fingerprint density at radius 1 is 1.14 bits per heavy atom. The molecule has 0 aliphatic heterocycles. The molecule has 104 valence electrons. The number of amides is 1. The van der Waals surface area contributed by atoms with Gasteiger partial charge in [0.05, 0.1) is 17.4 Å². The number of anilines is 1. The van der Waals surface area contributed by atoms with E-state index in [1.807, 2.05) is 43.3 Å². The first-order chi connectivity index (χ1) is 10.1. The second kappa shape index (κ2) is 5.54. The third-order valence-electron chi connectivity index (χ3n) is 3.15. The van der Waals surface area contributed by atoms with Crippen LogP contribution in [-0.2, 0) is 0 Å². The Kier molecular flexibility index (Phi) is 3.59. The number of nitrogens with one attached hydrogen (secondary N) is 1. The lowest BCUT2D eigenvalue weighted by Gasteiger charge is -2.07. The van der Waals surface area contributed by atoms with Gasteiger partial charge in [-0.2, -0.15) is 0 Å². The minimum atomic E-state index is -0.197. The van der Waals surface area contributed by atoms with Crippen LogP contribution in [0.15, 0.2) is 54.7 Å². The lowest BCUT2D eigenvalue weighted by atomic mass is 10.1. The zero-order valence-corrected chi connectivity index (χ0v) is 12.2. The van der Waals surface area contributed by atoms with Gasteiger partial charge in [-0.25, -0.2) is 0 Å². The zero-order chi connectivity index (χ0) is 14.8. The minimum Gasteiger partial charge on any atom is -0.321 e. The fourth-order valence-electron chi connectivity index (χ4n) is 2.21. The third-order valence-corrected chi connectivity index (χ3v) is 3.37. The molecule has 0 aliphatic carbocycles. The van der Waals surface area contributed by atoms with Crippen molar-refractivity contribution >= 4 is 34.1 Å². The average molecular weight is 297 g/mol. The molecule has 0 saturated heterocycles. The van der Waals surface area contributed by atoms with Crippen LogP contribution in [0.1, 0.15) is 15.9 Å². The smallest absolute Gasteiger partial charge is 0.255 e. The lowest BCUT2D eigenvalue weighted by Crippen LogP contribution is -2.12. The molecule has 0 unspecified atom stereocenters. The highest BCUT2D eigenvalue weighted by Gasteiger charge is 2.08. The van der Waals surface area contributed by atoms with Gasteiger partial charge in [0.25, 0.3) is 5.91 Å². The van der Waals surface area contributed by atoms with Gasteiger partial charge in [0.1, 0.15) is 0 Å². The van der Waals surface area contributed by atoms with Crippen LogP contribution in [0.5, 0.6) is 0 Å². The standard InChI is InChI=1S/C17H13ClN2O/c1-11-6-13(8-14(18)7-11)17(21)20-15-9-12-4-2-3-5-16(12)19-10-15/h2-10H,1H3,(H,20,21). The van der Waals surface area contributed by atoms with Gasteiger partial charge < -0.3 is 5.32 Å². The van der Waals surface area contributed by atoms with E-state index in [2.05, 4.69) is 10.3 Å². The predicted octanol–water partition coefficient (Wildman–Crippen LogP) is 4.45. The molecule has 1 heterocycles. The second-order valence-electron chi connectivity index (χ2n) is 4.89. The van der Waals surface area contributed by atoms with Crippen molar-refractivity contribution in [2.45, 2.75) is 6.92 Å². The monoisotopic (exact) mass is 296 g/mol. The number of aryl methyl sites for hydroxylation is 1. The van der Waals surface area contributed by atoms with Crippen molar-refractivity contribution in [2.75, 3.05) is 5.32 Å². The van der Waals surface area contributed by atoms with Gasteiger partial charge in [-0.15, -0.1) is 0 Å². The first-order valence-corrected chi connectivity index (χ1v) is 6.93. The number of carbonyl (C=O) groups excluding carboxylic acids is 1. The van der Waals surface area contributed by atoms with Gasteiger partial charge in [-0.1, -0.05) is 29.8 Å². The molecule has 1 aromatic heterocycles. The van der Waals surface area contributed by atoms with Crippen LogP contribution in [0.3, 0.4) is 0 Å². The van der Waals surface area contributed by atoms with Crippen molar-refractivity contribution < 1.29 is 4.79 Å². The Morgan fingerprint density at radius 3 is 2.76 bits per heavy atom. The molecule has 0 atom stereocenters. The van der Waals surface area contributed by atoms with Gasteiger partial charge in [0.2, 0.25) is 0 Å². The quantitative estimate of drug-likeness (QED) is 0.759. The summed E-state index contributed by atoms with van der Waals surface area (Å²) in [5, 5.41) is 4.38. The highest BCUT2D eigenvalue weighted by atomic mass is 35.5. The molecule has 2 aromatic carbocycles. The van der Waals surface area contributed by atoms with Gasteiger partial charge in [0, 0.05) is 16.0 Å². The van der Waals surface area contributed by atoms with Crippen LogP contribution in [0.2, 0.25) is 5.02 Å². The maximum Gasteiger partial charge on any atom is 0.255 e. The Labute approximate surface area is 127 Å². The number of pyridine rings is 1. The first kappa shape index (κ1) is 13.6. The van der Waals surface area contributed by atoms with Gasteiger partial charge in [0.15, 0.2) is 0 Å². The van der Waals surface area contributed by atoms with E-state index in [4.69, 9.17) is 11.6 Å². The highest BCUT2D eigenvalue weighted by Crippen LogP contribution is 2.19. The number of nitrogens with zero attached hydrogens (tertiary/aromatic N) is 1. The van der Waals surface area contributed by atoms with E-state index < -0.39 is 0 Å². The SMILES string of the molecule is Cc1cc(Cl)cc(C(=O)Nc2cnc3ccccc3c2)c1. The van der Waals surface area contributed by atoms with Gasteiger partial charge in [-0.3, -0.25) is 9.78 Å². The molecular formula is C17H13ClN2O. The Hall–Kier alpha value is -2.39. The molecule has 0 bridgehead atoms. The van der Waals surface area contributed by atoms with Crippen LogP contribution >= 0.6 is 11.6 Å². The van der Waals surface area contributed by atoms with E-state index in [1.165, 1.54) is 0 Å². The average Bonchev–Trinajstić information content (AvgIpc) is 2.46. The van der Waals surface area contributed by atoms with Crippen molar-refractivity contribution in [3.05, 3.63) is 70.9 Å². The largest absolute Gasteiger partial charge is 0.321 e. The van der Waals surface area contributed by atoms with Crippen LogP contribution in [-0.4, -0.2) is 10.9 Å². The van der Waals surface area contributed by atoms with E-state index in [0.29, 0.717) is 16.3 Å². The van der Waals surface area contributed by atoms with E-state index in [9.17, 15) is 4.79 Å². The molecule has 3 rings (SSSR count). The lowest BCUT2D eigenvalue weighted by molar-refractivity contribution is 0.102. The number of aromatic nitrogens is 1. The number of benzene rings is 2. The molecule has 4 heteroatoms. The maximum atomic E-state index is 12.3. The summed E-state index contributed by atoms with van der Waals surface area (Å²) in [4.78, 5) is 16.6. The summed E-state index contributed by atoms with van der Waals surface area (Å²) in [6, 6.07) is 14.9. The Bertz CT molecular complexity index is 810. The van der Waals surface area contributed by atoms with Gasteiger partial charge >= 0.3 is 0 Å². The van der Waals surface area contributed by atoms with Crippen molar-refractivity contribution in [1.82, 2.24) is 4.98 Å². The molecule has 0 radical (unpaired) electrons. The van der Waals surface area contributed by atoms with Crippen molar-refractivity contribution in [1.29, 1.82) is 0 Å². The third kappa shape index (κ3) is 3.03. The van der Waals surface area contributed by atoms with E-state index in [0.717, 1.165) is 16.5 Å². The van der Waals surface area contributed by atoms with E-state index in [1.54, 1.807) is 18.3 Å². The molecule has 3 nitrogen and oxygen atoms in total. The summed E-state index contributed by atoms with van der Waals surface area (Å²) in [5.41, 5.74) is 3.04. The van der Waals surface area contributed by atoms with Gasteiger partial charge in [-0.05, 0) is 42.8 Å². The Morgan fingerprint density at radius 2 is 1.95 bits per heavy atom. The normalized spacial score (nSPS) is 10.6. The number of para-hydroxylation sites is 1. The number of fused-ring (bicyclic) bond motifs is 1. The van der Waals surface area contributed by atoms with E-state index in [-0.39, 0.29) is 5.91 Å². The summed E-state index contributed by atoms with van der Waals surface area (Å²) in [6.45, 7) is 1.90. The summed E-state index contributed by atoms with van der Waals surface area (Å²) in [5.74, 6) is -0.197.